The molecule has 2 aromatic carbocycles. The van der Waals surface area contributed by atoms with E-state index >= 15 is 0 Å². The minimum Gasteiger partial charge on any atom is -0.245 e. The highest BCUT2D eigenvalue weighted by Gasteiger charge is 2.30. The van der Waals surface area contributed by atoms with Crippen molar-refractivity contribution in [1.82, 2.24) is 10.9 Å². The summed E-state index contributed by atoms with van der Waals surface area (Å²) in [4.78, 5) is 11.6. The van der Waals surface area contributed by atoms with Crippen LogP contribution in [0.5, 0.6) is 0 Å². The highest BCUT2D eigenvalue weighted by Crippen LogP contribution is 2.29. The first-order valence-corrected chi connectivity index (χ1v) is 8.14. The van der Waals surface area contributed by atoms with Gasteiger partial charge in [-0.05, 0) is 48.7 Å². The van der Waals surface area contributed by atoms with Crippen LogP contribution < -0.4 is 10.9 Å². The zero-order valence-electron chi connectivity index (χ0n) is 15.1. The van der Waals surface area contributed by atoms with Crippen LogP contribution in [0, 0.1) is 0 Å². The van der Waals surface area contributed by atoms with Crippen LogP contribution in [0.3, 0.4) is 0 Å². The summed E-state index contributed by atoms with van der Waals surface area (Å²) in [5.41, 5.74) is 3.11. The second-order valence-electron chi connectivity index (χ2n) is 6.29. The summed E-state index contributed by atoms with van der Waals surface area (Å²) in [6, 6.07) is 10.3. The van der Waals surface area contributed by atoms with Gasteiger partial charge in [0.05, 0.1) is 18.0 Å². The molecule has 5 nitrogen and oxygen atoms in total. The molecule has 28 heavy (non-hydrogen) atoms. The molecule has 0 spiro atoms. The molecule has 0 saturated heterocycles. The van der Waals surface area contributed by atoms with Gasteiger partial charge in [0, 0.05) is 0 Å². The number of carbonyl (C=O) groups is 1. The molecule has 0 atom stereocenters. The van der Waals surface area contributed by atoms with Crippen molar-refractivity contribution < 1.29 is 22.4 Å². The molecule has 2 rings (SSSR count). The van der Waals surface area contributed by atoms with Crippen LogP contribution in [0.2, 0.25) is 0 Å². The molecule has 2 amide bonds. The Morgan fingerprint density at radius 3 is 1.79 bits per heavy atom. The van der Waals surface area contributed by atoms with Gasteiger partial charge < -0.3 is 0 Å². The lowest BCUT2D eigenvalue weighted by atomic mass is 9.98. The van der Waals surface area contributed by atoms with E-state index in [0.717, 1.165) is 18.3 Å². The van der Waals surface area contributed by atoms with Crippen molar-refractivity contribution in [3.05, 3.63) is 70.8 Å². The lowest BCUT2D eigenvalue weighted by Gasteiger charge is -2.14. The smallest absolute Gasteiger partial charge is 0.245 e. The molecule has 2 N–H and O–H groups in total. The number of alkyl halides is 4. The summed E-state index contributed by atoms with van der Waals surface area (Å²) in [5, 5.41) is 7.26. The molecule has 0 saturated carbocycles. The minimum atomic E-state index is -4.46. The van der Waals surface area contributed by atoms with E-state index in [-0.39, 0.29) is 5.56 Å². The standard InChI is InChI=1S/C19H18F4N4O/c1-18(2,20)15-7-3-5-13(9-15)11-24-26-17(28)27-25-12-14-6-4-8-16(10-14)19(21,22)23/h3-12H,1-2H3,(H2,26,27,28). The Labute approximate surface area is 159 Å². The Morgan fingerprint density at radius 2 is 1.32 bits per heavy atom. The van der Waals surface area contributed by atoms with Crippen LogP contribution in [0.25, 0.3) is 0 Å². The second kappa shape index (κ2) is 8.64. The maximum Gasteiger partial charge on any atom is 0.416 e. The van der Waals surface area contributed by atoms with E-state index in [0.29, 0.717) is 11.1 Å². The highest BCUT2D eigenvalue weighted by molar-refractivity contribution is 5.83. The van der Waals surface area contributed by atoms with Crippen LogP contribution in [-0.2, 0) is 11.8 Å². The maximum atomic E-state index is 13.9. The van der Waals surface area contributed by atoms with Crippen LogP contribution in [0.15, 0.2) is 58.7 Å². The zero-order chi connectivity index (χ0) is 20.8. The van der Waals surface area contributed by atoms with Crippen LogP contribution in [0.4, 0.5) is 22.4 Å². The van der Waals surface area contributed by atoms with Crippen molar-refractivity contribution in [3.63, 3.8) is 0 Å². The lowest BCUT2D eigenvalue weighted by Crippen LogP contribution is -2.28. The predicted molar refractivity (Wildman–Crippen MR) is 98.9 cm³/mol. The third-order valence-corrected chi connectivity index (χ3v) is 3.55. The fourth-order valence-electron chi connectivity index (χ4n) is 2.14. The number of hydrazone groups is 2. The summed E-state index contributed by atoms with van der Waals surface area (Å²) in [6.45, 7) is 2.86. The van der Waals surface area contributed by atoms with Crippen molar-refractivity contribution in [2.24, 2.45) is 10.2 Å². The monoisotopic (exact) mass is 394 g/mol. The number of hydrogen-bond acceptors (Lipinski definition) is 3. The Bertz CT molecular complexity index is 814. The molecule has 0 bridgehead atoms. The summed E-state index contributed by atoms with van der Waals surface area (Å²) in [5.74, 6) is 0. The molecule has 0 fully saturated rings. The fraction of sp³-hybridized carbons (Fsp3) is 0.211. The summed E-state index contributed by atoms with van der Waals surface area (Å²) < 4.78 is 51.8. The van der Waals surface area contributed by atoms with E-state index < -0.39 is 23.4 Å². The van der Waals surface area contributed by atoms with Crippen molar-refractivity contribution in [2.75, 3.05) is 0 Å². The van der Waals surface area contributed by atoms with Crippen molar-refractivity contribution in [3.8, 4) is 0 Å². The first-order valence-electron chi connectivity index (χ1n) is 8.14. The number of nitrogens with zero attached hydrogens (tertiary/aromatic N) is 2. The summed E-state index contributed by atoms with van der Waals surface area (Å²) in [7, 11) is 0. The van der Waals surface area contributed by atoms with Gasteiger partial charge in [-0.25, -0.2) is 20.0 Å². The molecule has 9 heteroatoms. The maximum absolute atomic E-state index is 13.9. The number of nitrogens with one attached hydrogen (secondary N) is 2. The largest absolute Gasteiger partial charge is 0.416 e. The first-order chi connectivity index (χ1) is 13.1. The normalized spacial score (nSPS) is 12.5. The molecule has 0 heterocycles. The van der Waals surface area contributed by atoms with Gasteiger partial charge >= 0.3 is 12.2 Å². The molecule has 0 aliphatic heterocycles. The number of amides is 2. The van der Waals surface area contributed by atoms with Gasteiger partial charge in [0.1, 0.15) is 5.67 Å². The van der Waals surface area contributed by atoms with E-state index in [1.165, 1.54) is 32.2 Å². The Kier molecular flexibility index (Phi) is 6.50. The van der Waals surface area contributed by atoms with E-state index in [1.54, 1.807) is 24.3 Å². The SMILES string of the molecule is CC(C)(F)c1cccc(C=NNC(=O)NN=Cc2cccc(C(F)(F)F)c2)c1. The predicted octanol–water partition coefficient (Wildman–Crippen LogP) is 4.58. The minimum absolute atomic E-state index is 0.171. The number of hydrogen-bond donors (Lipinski definition) is 2. The lowest BCUT2D eigenvalue weighted by molar-refractivity contribution is -0.137. The van der Waals surface area contributed by atoms with Crippen molar-refractivity contribution in [1.29, 1.82) is 0 Å². The summed E-state index contributed by atoms with van der Waals surface area (Å²) >= 11 is 0. The van der Waals surface area contributed by atoms with E-state index in [1.807, 2.05) is 0 Å². The van der Waals surface area contributed by atoms with Gasteiger partial charge in [0.2, 0.25) is 0 Å². The third kappa shape index (κ3) is 6.49. The van der Waals surface area contributed by atoms with Crippen LogP contribution >= 0.6 is 0 Å². The van der Waals surface area contributed by atoms with Gasteiger partial charge in [-0.3, -0.25) is 0 Å². The first kappa shape index (κ1) is 21.1. The fourth-order valence-corrected chi connectivity index (χ4v) is 2.14. The van der Waals surface area contributed by atoms with Gasteiger partial charge in [-0.1, -0.05) is 30.3 Å². The summed E-state index contributed by atoms with van der Waals surface area (Å²) in [6.07, 6.45) is -2.06. The molecular formula is C19H18F4N4O. The number of carbonyl (C=O) groups excluding carboxylic acids is 1. The zero-order valence-corrected chi connectivity index (χ0v) is 15.1. The molecule has 0 aliphatic rings. The van der Waals surface area contributed by atoms with Gasteiger partial charge in [0.25, 0.3) is 0 Å². The Hall–Kier alpha value is -3.23. The van der Waals surface area contributed by atoms with E-state index in [2.05, 4.69) is 21.1 Å². The van der Waals surface area contributed by atoms with Crippen molar-refractivity contribution >= 4 is 18.5 Å². The molecule has 0 unspecified atom stereocenters. The number of urea groups is 1. The Morgan fingerprint density at radius 1 is 0.857 bits per heavy atom. The quantitative estimate of drug-likeness (QED) is 0.435. The Balaban J connectivity index is 1.90. The second-order valence-corrected chi connectivity index (χ2v) is 6.29. The average Bonchev–Trinajstić information content (AvgIpc) is 2.61. The average molecular weight is 394 g/mol. The van der Waals surface area contributed by atoms with Gasteiger partial charge in [0.15, 0.2) is 0 Å². The molecular weight excluding hydrogens is 376 g/mol. The van der Waals surface area contributed by atoms with Crippen LogP contribution in [0.1, 0.15) is 36.1 Å². The number of rotatable bonds is 5. The third-order valence-electron chi connectivity index (χ3n) is 3.55. The molecule has 0 aliphatic carbocycles. The molecule has 2 aromatic rings. The van der Waals surface area contributed by atoms with E-state index in [4.69, 9.17) is 0 Å². The molecule has 148 valence electrons. The van der Waals surface area contributed by atoms with Crippen molar-refractivity contribution in [2.45, 2.75) is 25.7 Å². The van der Waals surface area contributed by atoms with Gasteiger partial charge in [-0.2, -0.15) is 23.4 Å². The number of benzene rings is 2. The topological polar surface area (TPSA) is 65.8 Å². The van der Waals surface area contributed by atoms with Gasteiger partial charge in [-0.15, -0.1) is 0 Å². The van der Waals surface area contributed by atoms with Crippen LogP contribution in [-0.4, -0.2) is 18.5 Å². The molecule has 0 aromatic heterocycles. The number of halogens is 4. The van der Waals surface area contributed by atoms with E-state index in [9.17, 15) is 22.4 Å². The molecule has 0 radical (unpaired) electrons. The highest BCUT2D eigenvalue weighted by atomic mass is 19.4.